The van der Waals surface area contributed by atoms with E-state index in [0.717, 1.165) is 54.0 Å². The van der Waals surface area contributed by atoms with Crippen LogP contribution >= 0.6 is 11.8 Å². The van der Waals surface area contributed by atoms with Gasteiger partial charge in [-0.05, 0) is 74.0 Å². The van der Waals surface area contributed by atoms with Crippen LogP contribution in [0.3, 0.4) is 0 Å². The Morgan fingerprint density at radius 1 is 1.05 bits per heavy atom. The van der Waals surface area contributed by atoms with Crippen LogP contribution in [0.15, 0.2) is 82.3 Å². The van der Waals surface area contributed by atoms with E-state index in [4.69, 9.17) is 0 Å². The van der Waals surface area contributed by atoms with E-state index in [1.807, 2.05) is 60.1 Å². The maximum absolute atomic E-state index is 13.3. The Balaban J connectivity index is 1.16. The summed E-state index contributed by atoms with van der Waals surface area (Å²) in [4.78, 5) is 28.6. The number of likely N-dealkylation sites (tertiary alicyclic amines) is 1. The van der Waals surface area contributed by atoms with Gasteiger partial charge in [-0.15, -0.1) is 11.8 Å². The smallest absolute Gasteiger partial charge is 0.239 e. The van der Waals surface area contributed by atoms with E-state index in [0.29, 0.717) is 12.5 Å². The van der Waals surface area contributed by atoms with Crippen molar-refractivity contribution in [2.24, 2.45) is 9.98 Å². The second kappa shape index (κ2) is 14.8. The Bertz CT molecular complexity index is 1380. The predicted octanol–water partition coefficient (Wildman–Crippen LogP) is 4.46. The number of thioether (sulfide) groups is 1. The van der Waals surface area contributed by atoms with Crippen LogP contribution in [0.25, 0.3) is 10.9 Å². The van der Waals surface area contributed by atoms with Gasteiger partial charge >= 0.3 is 0 Å². The lowest BCUT2D eigenvalue weighted by Gasteiger charge is -2.26. The fourth-order valence-electron chi connectivity index (χ4n) is 5.14. The summed E-state index contributed by atoms with van der Waals surface area (Å²) in [5, 5.41) is 16.2. The summed E-state index contributed by atoms with van der Waals surface area (Å²) in [6.07, 6.45) is 7.75. The molecule has 10 heteroatoms. The highest BCUT2D eigenvalue weighted by Crippen LogP contribution is 2.27. The average molecular weight is 571 g/mol. The Morgan fingerprint density at radius 3 is 2.73 bits per heavy atom. The normalized spacial score (nSPS) is 19.3. The lowest BCUT2D eigenvalue weighted by molar-refractivity contribution is -0.115. The maximum atomic E-state index is 13.3. The van der Waals surface area contributed by atoms with Crippen molar-refractivity contribution < 1.29 is 4.79 Å². The van der Waals surface area contributed by atoms with E-state index >= 15 is 0 Å². The summed E-state index contributed by atoms with van der Waals surface area (Å²) >= 11 is 1.53. The molecule has 3 aromatic rings. The monoisotopic (exact) mass is 570 g/mol. The minimum Gasteiger partial charge on any atom is -0.355 e. The largest absolute Gasteiger partial charge is 0.355 e. The number of carbonyl (C=O) groups is 1. The third-order valence-electron chi connectivity index (χ3n) is 7.25. The van der Waals surface area contributed by atoms with Gasteiger partial charge in [0.1, 0.15) is 11.9 Å². The number of hydrogen-bond acceptors (Lipinski definition) is 7. The molecule has 9 nitrogen and oxygen atoms in total. The molecule has 2 aromatic carbocycles. The molecule has 2 atom stereocenters. The van der Waals surface area contributed by atoms with Crippen molar-refractivity contribution in [3.63, 3.8) is 0 Å². The number of guanidine groups is 1. The maximum Gasteiger partial charge on any atom is 0.239 e. The summed E-state index contributed by atoms with van der Waals surface area (Å²) in [6.45, 7) is 8.53. The Labute approximate surface area is 246 Å². The van der Waals surface area contributed by atoms with E-state index in [1.54, 1.807) is 0 Å². The van der Waals surface area contributed by atoms with Crippen LogP contribution in [0, 0.1) is 0 Å². The van der Waals surface area contributed by atoms with Crippen LogP contribution in [-0.4, -0.2) is 72.6 Å². The quantitative estimate of drug-likeness (QED) is 0.199. The van der Waals surface area contributed by atoms with Crippen LogP contribution in [0.2, 0.25) is 0 Å². The van der Waals surface area contributed by atoms with E-state index in [1.165, 1.54) is 31.0 Å². The van der Waals surface area contributed by atoms with Gasteiger partial charge in [0.15, 0.2) is 5.96 Å². The third-order valence-corrected chi connectivity index (χ3v) is 8.37. The van der Waals surface area contributed by atoms with Gasteiger partial charge in [0.2, 0.25) is 5.91 Å². The highest BCUT2D eigenvalue weighted by atomic mass is 32.2. The van der Waals surface area contributed by atoms with Crippen molar-refractivity contribution in [2.45, 2.75) is 37.1 Å². The number of anilines is 2. The molecular formula is C31H38N8OS. The zero-order valence-electron chi connectivity index (χ0n) is 23.3. The van der Waals surface area contributed by atoms with Gasteiger partial charge in [0.05, 0.1) is 5.52 Å². The second-order valence-corrected chi connectivity index (χ2v) is 11.2. The molecule has 0 radical (unpaired) electrons. The molecular weight excluding hydrogens is 532 g/mol. The van der Waals surface area contributed by atoms with Crippen molar-refractivity contribution in [3.05, 3.63) is 77.8 Å². The van der Waals surface area contributed by atoms with Gasteiger partial charge in [-0.25, -0.2) is 4.99 Å². The van der Waals surface area contributed by atoms with E-state index in [2.05, 4.69) is 60.0 Å². The molecule has 2 aliphatic rings. The van der Waals surface area contributed by atoms with Gasteiger partial charge in [-0.1, -0.05) is 36.8 Å². The minimum atomic E-state index is -0.271. The molecule has 3 heterocycles. The van der Waals surface area contributed by atoms with Gasteiger partial charge in [-0.2, -0.15) is 0 Å². The molecule has 41 heavy (non-hydrogen) atoms. The molecule has 2 unspecified atom stereocenters. The summed E-state index contributed by atoms with van der Waals surface area (Å²) < 4.78 is 0. The fraction of sp³-hybridized carbons (Fsp3) is 0.355. The number of rotatable bonds is 11. The Morgan fingerprint density at radius 2 is 1.88 bits per heavy atom. The standard InChI is InChI=1S/C31H38N8OS/c1-32-22-36-31(34-15-18-39-16-5-2-6-17-39)38-25-9-7-8-24(20-25)37-30(40)29-28(13-19-41-29)35-21-23-12-14-33-27-11-4-3-10-26(23)27/h3-4,7-14,19-20,28-29,35H,1-2,5-6,15-18,21-22H2,(H,37,40)(H2,34,36,38). The van der Waals surface area contributed by atoms with Gasteiger partial charge < -0.3 is 26.2 Å². The van der Waals surface area contributed by atoms with Crippen LogP contribution in [0.5, 0.6) is 0 Å². The van der Waals surface area contributed by atoms with Crippen molar-refractivity contribution in [1.82, 2.24) is 20.5 Å². The topological polar surface area (TPSA) is 106 Å². The molecule has 0 spiro atoms. The van der Waals surface area contributed by atoms with Crippen LogP contribution in [0.1, 0.15) is 24.8 Å². The number of benzene rings is 2. The van der Waals surface area contributed by atoms with Crippen molar-refractivity contribution in [3.8, 4) is 0 Å². The molecule has 0 aliphatic carbocycles. The number of amides is 1. The average Bonchev–Trinajstić information content (AvgIpc) is 3.48. The van der Waals surface area contributed by atoms with Crippen LogP contribution in [0.4, 0.5) is 11.4 Å². The highest BCUT2D eigenvalue weighted by molar-refractivity contribution is 8.03. The first kappa shape index (κ1) is 28.8. The minimum absolute atomic E-state index is 0.0429. The Kier molecular flexibility index (Phi) is 10.4. The summed E-state index contributed by atoms with van der Waals surface area (Å²) in [5.41, 5.74) is 3.68. The number of hydrogen-bond donors (Lipinski definition) is 4. The third kappa shape index (κ3) is 8.16. The highest BCUT2D eigenvalue weighted by Gasteiger charge is 2.30. The zero-order chi connectivity index (χ0) is 28.3. The lowest BCUT2D eigenvalue weighted by Crippen LogP contribution is -2.41. The molecule has 5 rings (SSSR count). The SMILES string of the molecule is C=NC/N=C(\NCCN1CCCCC1)Nc1cccc(NC(=O)C2SC=CC2NCc2ccnc3ccccc23)c1. The molecule has 214 valence electrons. The zero-order valence-corrected chi connectivity index (χ0v) is 24.1. The van der Waals surface area contributed by atoms with E-state index < -0.39 is 0 Å². The number of pyridine rings is 1. The lowest BCUT2D eigenvalue weighted by atomic mass is 10.1. The van der Waals surface area contributed by atoms with Crippen molar-refractivity contribution in [2.75, 3.05) is 43.5 Å². The number of aliphatic imine (C=N–C) groups is 2. The van der Waals surface area contributed by atoms with Crippen LogP contribution < -0.4 is 21.3 Å². The second-order valence-electron chi connectivity index (χ2n) is 10.2. The molecule has 0 bridgehead atoms. The number of carbonyl (C=O) groups excluding carboxylic acids is 1. The molecule has 1 amide bonds. The first-order chi connectivity index (χ1) is 20.2. The van der Waals surface area contributed by atoms with Crippen molar-refractivity contribution in [1.29, 1.82) is 0 Å². The summed E-state index contributed by atoms with van der Waals surface area (Å²) in [6, 6.07) is 17.7. The number of piperidine rings is 1. The molecule has 4 N–H and O–H groups in total. The van der Waals surface area contributed by atoms with E-state index in [9.17, 15) is 4.79 Å². The van der Waals surface area contributed by atoms with Crippen molar-refractivity contribution >= 4 is 52.6 Å². The predicted molar refractivity (Wildman–Crippen MR) is 172 cm³/mol. The summed E-state index contributed by atoms with van der Waals surface area (Å²) in [7, 11) is 0. The first-order valence-electron chi connectivity index (χ1n) is 14.2. The molecule has 0 saturated carbocycles. The number of nitrogens with one attached hydrogen (secondary N) is 4. The van der Waals surface area contributed by atoms with Crippen LogP contribution in [-0.2, 0) is 11.3 Å². The van der Waals surface area contributed by atoms with E-state index in [-0.39, 0.29) is 23.9 Å². The molecule has 1 saturated heterocycles. The number of nitrogens with zero attached hydrogens (tertiary/aromatic N) is 4. The number of para-hydroxylation sites is 1. The molecule has 2 aliphatic heterocycles. The molecule has 1 fully saturated rings. The Hall–Kier alpha value is -3.73. The fourth-order valence-corrected chi connectivity index (χ4v) is 6.11. The van der Waals surface area contributed by atoms with Gasteiger partial charge in [-0.3, -0.25) is 14.8 Å². The van der Waals surface area contributed by atoms with Gasteiger partial charge in [0, 0.05) is 48.6 Å². The van der Waals surface area contributed by atoms with Gasteiger partial charge in [0.25, 0.3) is 0 Å². The number of aromatic nitrogens is 1. The number of fused-ring (bicyclic) bond motifs is 1. The summed E-state index contributed by atoms with van der Waals surface area (Å²) in [5.74, 6) is 0.597. The molecule has 1 aromatic heterocycles. The first-order valence-corrected chi connectivity index (χ1v) is 15.1.